The lowest BCUT2D eigenvalue weighted by Gasteiger charge is -1.96. The molecule has 0 aromatic heterocycles. The molecule has 0 amide bonds. The lowest BCUT2D eigenvalue weighted by Crippen LogP contribution is -1.89. The van der Waals surface area contributed by atoms with Gasteiger partial charge in [0.15, 0.2) is 0 Å². The molecule has 1 aromatic rings. The van der Waals surface area contributed by atoms with E-state index in [-0.39, 0.29) is 11.6 Å². The summed E-state index contributed by atoms with van der Waals surface area (Å²) in [4.78, 5) is 9.83. The van der Waals surface area contributed by atoms with Gasteiger partial charge in [-0.05, 0) is 11.6 Å². The zero-order valence-electron chi connectivity index (χ0n) is 5.96. The summed E-state index contributed by atoms with van der Waals surface area (Å²) in [5.41, 5.74) is 0.619. The van der Waals surface area contributed by atoms with Gasteiger partial charge in [0.05, 0.1) is 4.92 Å². The summed E-state index contributed by atoms with van der Waals surface area (Å²) in [6.45, 7) is 0. The summed E-state index contributed by atoms with van der Waals surface area (Å²) in [6, 6.07) is 4.29. The molecule has 0 fully saturated rings. The molecule has 0 aliphatic carbocycles. The van der Waals surface area contributed by atoms with E-state index in [1.54, 1.807) is 6.07 Å². The van der Waals surface area contributed by atoms with Crippen molar-refractivity contribution < 1.29 is 4.92 Å². The van der Waals surface area contributed by atoms with E-state index in [2.05, 4.69) is 0 Å². The largest absolute Gasteiger partial charge is 0.271 e. The van der Waals surface area contributed by atoms with Gasteiger partial charge in [0.25, 0.3) is 5.69 Å². The first-order valence-electron chi connectivity index (χ1n) is 3.13. The maximum Gasteiger partial charge on any atom is 0.271 e. The predicted molar refractivity (Wildman–Crippen MR) is 47.7 cm³/mol. The second kappa shape index (κ2) is 3.74. The molecule has 0 bridgehead atoms. The molecular weight excluding hydrogens is 201 g/mol. The van der Waals surface area contributed by atoms with E-state index in [1.807, 2.05) is 0 Å². The molecule has 0 unspecified atom stereocenters. The smallest absolute Gasteiger partial charge is 0.258 e. The summed E-state index contributed by atoms with van der Waals surface area (Å²) >= 11 is 11.1. The van der Waals surface area contributed by atoms with Crippen molar-refractivity contribution in [2.45, 2.75) is 5.88 Å². The minimum Gasteiger partial charge on any atom is -0.258 e. The highest BCUT2D eigenvalue weighted by Gasteiger charge is 2.07. The molecule has 0 spiro atoms. The lowest BCUT2D eigenvalue weighted by atomic mass is 10.2. The van der Waals surface area contributed by atoms with Gasteiger partial charge in [0.2, 0.25) is 0 Å². The standard InChI is InChI=1S/C7H5Cl2NO2/c8-4-5-1-6(9)3-7(2-5)10(11)12/h1-3H,4H2. The number of alkyl halides is 1. The molecule has 0 aliphatic rings. The molecule has 64 valence electrons. The van der Waals surface area contributed by atoms with Crippen molar-refractivity contribution in [2.75, 3.05) is 0 Å². The van der Waals surface area contributed by atoms with Crippen molar-refractivity contribution in [3.63, 3.8) is 0 Å². The Morgan fingerprint density at radius 3 is 2.58 bits per heavy atom. The van der Waals surface area contributed by atoms with Crippen LogP contribution in [0.25, 0.3) is 0 Å². The Hall–Kier alpha value is -0.800. The van der Waals surface area contributed by atoms with Crippen LogP contribution < -0.4 is 0 Å². The van der Waals surface area contributed by atoms with E-state index >= 15 is 0 Å². The average Bonchev–Trinajstić information content (AvgIpc) is 2.03. The number of hydrogen-bond acceptors (Lipinski definition) is 2. The maximum atomic E-state index is 10.3. The van der Waals surface area contributed by atoms with Crippen molar-refractivity contribution in [1.82, 2.24) is 0 Å². The molecule has 0 N–H and O–H groups in total. The highest BCUT2D eigenvalue weighted by Crippen LogP contribution is 2.21. The van der Waals surface area contributed by atoms with Crippen molar-refractivity contribution in [1.29, 1.82) is 0 Å². The fraction of sp³-hybridized carbons (Fsp3) is 0.143. The quantitative estimate of drug-likeness (QED) is 0.424. The third-order valence-electron chi connectivity index (χ3n) is 1.31. The molecule has 0 radical (unpaired) electrons. The van der Waals surface area contributed by atoms with Gasteiger partial charge in [-0.25, -0.2) is 0 Å². The van der Waals surface area contributed by atoms with Gasteiger partial charge in [-0.1, -0.05) is 11.6 Å². The van der Waals surface area contributed by atoms with E-state index in [0.717, 1.165) is 0 Å². The Morgan fingerprint density at radius 1 is 1.42 bits per heavy atom. The van der Waals surface area contributed by atoms with Crippen LogP contribution >= 0.6 is 23.2 Å². The van der Waals surface area contributed by atoms with Crippen LogP contribution in [0.1, 0.15) is 5.56 Å². The summed E-state index contributed by atoms with van der Waals surface area (Å²) in [7, 11) is 0. The zero-order valence-corrected chi connectivity index (χ0v) is 7.47. The average molecular weight is 206 g/mol. The second-order valence-corrected chi connectivity index (χ2v) is 2.91. The number of halogens is 2. The minimum atomic E-state index is -0.498. The van der Waals surface area contributed by atoms with E-state index in [1.165, 1.54) is 12.1 Å². The first kappa shape index (κ1) is 9.29. The topological polar surface area (TPSA) is 43.1 Å². The molecule has 12 heavy (non-hydrogen) atoms. The van der Waals surface area contributed by atoms with Crippen LogP contribution in [0.15, 0.2) is 18.2 Å². The third kappa shape index (κ3) is 2.09. The highest BCUT2D eigenvalue weighted by atomic mass is 35.5. The molecule has 3 nitrogen and oxygen atoms in total. The number of nitro benzene ring substituents is 1. The summed E-state index contributed by atoms with van der Waals surface area (Å²) < 4.78 is 0. The van der Waals surface area contributed by atoms with Crippen LogP contribution in [0, 0.1) is 10.1 Å². The van der Waals surface area contributed by atoms with Gasteiger partial charge < -0.3 is 0 Å². The van der Waals surface area contributed by atoms with Gasteiger partial charge in [-0.3, -0.25) is 10.1 Å². The number of rotatable bonds is 2. The Balaban J connectivity index is 3.15. The number of nitro groups is 1. The van der Waals surface area contributed by atoms with Gasteiger partial charge in [-0.2, -0.15) is 0 Å². The van der Waals surface area contributed by atoms with Crippen LogP contribution in [0.5, 0.6) is 0 Å². The Bertz CT molecular complexity index is 314. The van der Waals surface area contributed by atoms with Crippen LogP contribution in [-0.2, 0) is 5.88 Å². The van der Waals surface area contributed by atoms with E-state index in [9.17, 15) is 10.1 Å². The molecule has 0 saturated heterocycles. The zero-order chi connectivity index (χ0) is 9.14. The summed E-state index contributed by atoms with van der Waals surface area (Å²) in [5, 5.41) is 10.7. The fourth-order valence-corrected chi connectivity index (χ4v) is 1.22. The third-order valence-corrected chi connectivity index (χ3v) is 1.83. The number of nitrogens with zero attached hydrogens (tertiary/aromatic N) is 1. The Labute approximate surface area is 79.1 Å². The SMILES string of the molecule is O=[N+]([O-])c1cc(Cl)cc(CCl)c1. The van der Waals surface area contributed by atoms with Crippen molar-refractivity contribution in [2.24, 2.45) is 0 Å². The first-order chi connectivity index (χ1) is 5.63. The van der Waals surface area contributed by atoms with E-state index in [0.29, 0.717) is 10.6 Å². The molecule has 0 atom stereocenters. The van der Waals surface area contributed by atoms with Crippen molar-refractivity contribution >= 4 is 28.9 Å². The van der Waals surface area contributed by atoms with Gasteiger partial charge in [0.1, 0.15) is 0 Å². The predicted octanol–water partition coefficient (Wildman–Crippen LogP) is 2.99. The van der Waals surface area contributed by atoms with Crippen LogP contribution in [0.3, 0.4) is 0 Å². The van der Waals surface area contributed by atoms with Gasteiger partial charge in [0, 0.05) is 23.0 Å². The number of benzene rings is 1. The lowest BCUT2D eigenvalue weighted by molar-refractivity contribution is -0.384. The fourth-order valence-electron chi connectivity index (χ4n) is 0.816. The number of hydrogen-bond donors (Lipinski definition) is 0. The van der Waals surface area contributed by atoms with Crippen LogP contribution in [0.4, 0.5) is 5.69 Å². The Kier molecular flexibility index (Phi) is 2.89. The monoisotopic (exact) mass is 205 g/mol. The van der Waals surface area contributed by atoms with Crippen molar-refractivity contribution in [3.05, 3.63) is 38.9 Å². The first-order valence-corrected chi connectivity index (χ1v) is 4.04. The molecule has 0 heterocycles. The molecule has 0 aliphatic heterocycles. The molecule has 0 saturated carbocycles. The van der Waals surface area contributed by atoms with Crippen molar-refractivity contribution in [3.8, 4) is 0 Å². The van der Waals surface area contributed by atoms with Gasteiger partial charge >= 0.3 is 0 Å². The molecule has 5 heteroatoms. The van der Waals surface area contributed by atoms with Crippen LogP contribution in [0.2, 0.25) is 5.02 Å². The summed E-state index contributed by atoms with van der Waals surface area (Å²) in [6.07, 6.45) is 0. The maximum absolute atomic E-state index is 10.3. The molecule has 1 aromatic carbocycles. The Morgan fingerprint density at radius 2 is 2.08 bits per heavy atom. The minimum absolute atomic E-state index is 0.0295. The van der Waals surface area contributed by atoms with Gasteiger partial charge in [-0.15, -0.1) is 11.6 Å². The van der Waals surface area contributed by atoms with Crippen LogP contribution in [-0.4, -0.2) is 4.92 Å². The molecular formula is C7H5Cl2NO2. The summed E-state index contributed by atoms with van der Waals surface area (Å²) in [5.74, 6) is 0.224. The second-order valence-electron chi connectivity index (χ2n) is 2.21. The van der Waals surface area contributed by atoms with E-state index < -0.39 is 4.92 Å². The van der Waals surface area contributed by atoms with E-state index in [4.69, 9.17) is 23.2 Å². The molecule has 1 rings (SSSR count). The number of non-ortho nitro benzene ring substituents is 1. The normalized spacial score (nSPS) is 9.83. The highest BCUT2D eigenvalue weighted by molar-refractivity contribution is 6.31.